The molecule has 1 amide bonds. The maximum atomic E-state index is 14.1. The van der Waals surface area contributed by atoms with E-state index in [0.29, 0.717) is 17.4 Å². The third kappa shape index (κ3) is 1.78. The Morgan fingerprint density at radius 3 is 2.70 bits per heavy atom. The fourth-order valence-corrected chi connectivity index (χ4v) is 3.31. The van der Waals surface area contributed by atoms with Crippen LogP contribution in [0.3, 0.4) is 0 Å². The summed E-state index contributed by atoms with van der Waals surface area (Å²) in [5.41, 5.74) is 0.211. The van der Waals surface area contributed by atoms with Crippen LogP contribution in [-0.2, 0) is 4.79 Å². The molecule has 4 heteroatoms. The van der Waals surface area contributed by atoms with Crippen LogP contribution in [0.4, 0.5) is 4.39 Å². The Morgan fingerprint density at radius 1 is 1.40 bits per heavy atom. The van der Waals surface area contributed by atoms with Gasteiger partial charge in [-0.1, -0.05) is 25.1 Å². The lowest BCUT2D eigenvalue weighted by Crippen LogP contribution is -2.34. The average Bonchev–Trinajstić information content (AvgIpc) is 3.31. The van der Waals surface area contributed by atoms with Crippen LogP contribution in [0.1, 0.15) is 37.9 Å². The van der Waals surface area contributed by atoms with E-state index in [2.05, 4.69) is 12.2 Å². The average molecular weight is 274 g/mol. The number of rotatable bonds is 3. The first-order chi connectivity index (χ1) is 9.61. The lowest BCUT2D eigenvalue weighted by atomic mass is 10.1. The van der Waals surface area contributed by atoms with Gasteiger partial charge in [-0.2, -0.15) is 0 Å². The van der Waals surface area contributed by atoms with Crippen LogP contribution < -0.4 is 5.32 Å². The van der Waals surface area contributed by atoms with E-state index in [1.54, 1.807) is 12.1 Å². The van der Waals surface area contributed by atoms with Gasteiger partial charge in [0.1, 0.15) is 17.5 Å². The van der Waals surface area contributed by atoms with E-state index >= 15 is 0 Å². The molecule has 2 saturated carbocycles. The first-order valence-electron chi connectivity index (χ1n) is 7.44. The highest BCUT2D eigenvalue weighted by Crippen LogP contribution is 2.48. The number of carbonyl (C=O) groups is 1. The van der Waals surface area contributed by atoms with Gasteiger partial charge in [0.05, 0.1) is 0 Å². The molecule has 3 atom stereocenters. The van der Waals surface area contributed by atoms with Crippen LogP contribution in [0, 0.1) is 17.7 Å². The van der Waals surface area contributed by atoms with Crippen LogP contribution in [-0.4, -0.2) is 22.9 Å². The van der Waals surface area contributed by atoms with E-state index in [1.807, 2.05) is 11.0 Å². The normalized spacial score (nSPS) is 33.8. The molecule has 1 aromatic rings. The second-order valence-electron chi connectivity index (χ2n) is 6.58. The van der Waals surface area contributed by atoms with Crippen molar-refractivity contribution in [2.45, 2.75) is 37.9 Å². The van der Waals surface area contributed by atoms with Gasteiger partial charge in [-0.25, -0.2) is 4.39 Å². The fourth-order valence-electron chi connectivity index (χ4n) is 3.31. The maximum Gasteiger partial charge on any atom is 0.244 e. The molecule has 1 heterocycles. The van der Waals surface area contributed by atoms with Crippen molar-refractivity contribution in [3.8, 4) is 0 Å². The van der Waals surface area contributed by atoms with Gasteiger partial charge < -0.3 is 4.90 Å². The molecule has 1 spiro atoms. The van der Waals surface area contributed by atoms with Crippen molar-refractivity contribution in [1.82, 2.24) is 10.2 Å². The summed E-state index contributed by atoms with van der Waals surface area (Å²) in [4.78, 5) is 14.5. The summed E-state index contributed by atoms with van der Waals surface area (Å²) < 4.78 is 14.1. The van der Waals surface area contributed by atoms with Gasteiger partial charge in [0, 0.05) is 12.1 Å². The Kier molecular flexibility index (Phi) is 2.49. The summed E-state index contributed by atoms with van der Waals surface area (Å²) in [5, 5.41) is 3.38. The second-order valence-corrected chi connectivity index (χ2v) is 6.58. The highest BCUT2D eigenvalue weighted by molar-refractivity contribution is 5.92. The van der Waals surface area contributed by atoms with E-state index in [-0.39, 0.29) is 23.4 Å². The molecule has 3 nitrogen and oxygen atoms in total. The smallest absolute Gasteiger partial charge is 0.244 e. The van der Waals surface area contributed by atoms with Crippen LogP contribution in [0.15, 0.2) is 24.3 Å². The van der Waals surface area contributed by atoms with Gasteiger partial charge in [0.15, 0.2) is 0 Å². The zero-order valence-electron chi connectivity index (χ0n) is 11.6. The minimum Gasteiger partial charge on any atom is -0.321 e. The van der Waals surface area contributed by atoms with E-state index in [0.717, 1.165) is 19.4 Å². The summed E-state index contributed by atoms with van der Waals surface area (Å²) in [5.74, 6) is 1.22. The van der Waals surface area contributed by atoms with Crippen LogP contribution in [0.25, 0.3) is 0 Å². The highest BCUT2D eigenvalue weighted by atomic mass is 19.1. The molecule has 3 unspecified atom stereocenters. The predicted molar refractivity (Wildman–Crippen MR) is 73.2 cm³/mol. The first-order valence-corrected chi connectivity index (χ1v) is 7.44. The van der Waals surface area contributed by atoms with Gasteiger partial charge in [-0.05, 0) is 37.2 Å². The summed E-state index contributed by atoms with van der Waals surface area (Å²) in [6, 6.07) is 6.78. The van der Waals surface area contributed by atoms with Gasteiger partial charge in [0.25, 0.3) is 0 Å². The van der Waals surface area contributed by atoms with Crippen molar-refractivity contribution in [2.75, 3.05) is 6.54 Å². The minimum absolute atomic E-state index is 0.171. The molecule has 1 saturated heterocycles. The standard InChI is InChI=1S/C16H19FN2O/c1-10-8-11(10)9-19-14(12-4-2-3-5-13(12)17)18-16(6-7-16)15(19)20/h2-5,10-11,14,18H,6-9H2,1H3. The van der Waals surface area contributed by atoms with Crippen molar-refractivity contribution >= 4 is 5.91 Å². The van der Waals surface area contributed by atoms with Gasteiger partial charge in [0.2, 0.25) is 5.91 Å². The Balaban J connectivity index is 1.65. The fraction of sp³-hybridized carbons (Fsp3) is 0.562. The number of benzene rings is 1. The quantitative estimate of drug-likeness (QED) is 0.918. The summed E-state index contributed by atoms with van der Waals surface area (Å²) in [6.07, 6.45) is 2.65. The van der Waals surface area contributed by atoms with E-state index in [9.17, 15) is 9.18 Å². The van der Waals surface area contributed by atoms with Gasteiger partial charge in [-0.3, -0.25) is 10.1 Å². The molecule has 3 fully saturated rings. The SMILES string of the molecule is CC1CC1CN1C(=O)C2(CC2)NC1c1ccccc1F. The second kappa shape index (κ2) is 4.04. The van der Waals surface area contributed by atoms with Crippen molar-refractivity contribution in [3.05, 3.63) is 35.6 Å². The molecular formula is C16H19FN2O. The molecule has 1 aliphatic heterocycles. The van der Waals surface area contributed by atoms with E-state index < -0.39 is 0 Å². The lowest BCUT2D eigenvalue weighted by molar-refractivity contribution is -0.131. The zero-order chi connectivity index (χ0) is 13.9. The molecule has 3 aliphatic rings. The van der Waals surface area contributed by atoms with Crippen molar-refractivity contribution in [2.24, 2.45) is 11.8 Å². The minimum atomic E-state index is -0.384. The third-order valence-corrected chi connectivity index (χ3v) is 5.05. The molecule has 0 aromatic heterocycles. The molecule has 106 valence electrons. The number of amides is 1. The molecule has 4 rings (SSSR count). The topological polar surface area (TPSA) is 32.3 Å². The van der Waals surface area contributed by atoms with E-state index in [1.165, 1.54) is 12.5 Å². The lowest BCUT2D eigenvalue weighted by Gasteiger charge is -2.25. The molecule has 20 heavy (non-hydrogen) atoms. The van der Waals surface area contributed by atoms with Crippen molar-refractivity contribution in [1.29, 1.82) is 0 Å². The van der Waals surface area contributed by atoms with Crippen LogP contribution in [0.5, 0.6) is 0 Å². The largest absolute Gasteiger partial charge is 0.321 e. The zero-order valence-corrected chi connectivity index (χ0v) is 11.6. The number of hydrogen-bond acceptors (Lipinski definition) is 2. The monoisotopic (exact) mass is 274 g/mol. The van der Waals surface area contributed by atoms with Crippen molar-refractivity contribution in [3.63, 3.8) is 0 Å². The Labute approximate surface area is 118 Å². The number of nitrogens with one attached hydrogen (secondary N) is 1. The van der Waals surface area contributed by atoms with Crippen LogP contribution >= 0.6 is 0 Å². The number of halogens is 1. The molecule has 0 radical (unpaired) electrons. The summed E-state index contributed by atoms with van der Waals surface area (Å²) in [6.45, 7) is 2.97. The number of nitrogens with zero attached hydrogens (tertiary/aromatic N) is 1. The molecule has 2 aliphatic carbocycles. The molecule has 1 aromatic carbocycles. The Morgan fingerprint density at radius 2 is 2.10 bits per heavy atom. The number of hydrogen-bond donors (Lipinski definition) is 1. The maximum absolute atomic E-state index is 14.1. The Bertz CT molecular complexity index is 569. The predicted octanol–water partition coefficient (Wildman–Crippen LogP) is 2.44. The third-order valence-electron chi connectivity index (χ3n) is 5.05. The summed E-state index contributed by atoms with van der Waals surface area (Å²) >= 11 is 0. The van der Waals surface area contributed by atoms with Crippen molar-refractivity contribution < 1.29 is 9.18 Å². The first kappa shape index (κ1) is 12.3. The Hall–Kier alpha value is -1.42. The molecular weight excluding hydrogens is 255 g/mol. The molecule has 1 N–H and O–H groups in total. The van der Waals surface area contributed by atoms with E-state index in [4.69, 9.17) is 0 Å². The van der Waals surface area contributed by atoms with Crippen LogP contribution in [0.2, 0.25) is 0 Å². The highest BCUT2D eigenvalue weighted by Gasteiger charge is 2.60. The van der Waals surface area contributed by atoms with Gasteiger partial charge >= 0.3 is 0 Å². The van der Waals surface area contributed by atoms with Gasteiger partial charge in [-0.15, -0.1) is 0 Å². The molecule has 0 bridgehead atoms. The summed E-state index contributed by atoms with van der Waals surface area (Å²) in [7, 11) is 0. The number of carbonyl (C=O) groups excluding carboxylic acids is 1.